The molecule has 146 valence electrons. The zero-order valence-electron chi connectivity index (χ0n) is 15.7. The van der Waals surface area contributed by atoms with E-state index in [2.05, 4.69) is 40.8 Å². The van der Waals surface area contributed by atoms with Crippen LogP contribution in [0.25, 0.3) is 11.0 Å². The van der Waals surface area contributed by atoms with Gasteiger partial charge in [-0.25, -0.2) is 9.97 Å². The highest BCUT2D eigenvalue weighted by Gasteiger charge is 2.35. The molecule has 3 aromatic heterocycles. The standard InChI is InChI=1S/C20H19ClN8/c21-18-17-15(2-1-5-23-17)26-20(27-18)29-11-14(12-29)16-19(25-7-6-24-16)28-8-3-13(10-22)4-9-28/h1-2,5-7,13-14H,3-4,8-9,11-12H2. The molecule has 0 aliphatic carbocycles. The summed E-state index contributed by atoms with van der Waals surface area (Å²) in [5.74, 6) is 1.97. The first-order chi connectivity index (χ1) is 14.2. The van der Waals surface area contributed by atoms with Crippen LogP contribution in [0.1, 0.15) is 24.5 Å². The molecule has 2 saturated heterocycles. The number of hydrogen-bond donors (Lipinski definition) is 0. The summed E-state index contributed by atoms with van der Waals surface area (Å²) in [7, 11) is 0. The number of pyridine rings is 1. The topological polar surface area (TPSA) is 94.7 Å². The Balaban J connectivity index is 1.34. The Morgan fingerprint density at radius 2 is 1.79 bits per heavy atom. The Labute approximate surface area is 173 Å². The predicted molar refractivity (Wildman–Crippen MR) is 110 cm³/mol. The maximum atomic E-state index is 9.13. The third-order valence-corrected chi connectivity index (χ3v) is 5.90. The average molecular weight is 407 g/mol. The number of fused-ring (bicyclic) bond motifs is 1. The van der Waals surface area contributed by atoms with E-state index in [0.29, 0.717) is 16.6 Å². The van der Waals surface area contributed by atoms with Gasteiger partial charge in [-0.1, -0.05) is 11.6 Å². The van der Waals surface area contributed by atoms with Gasteiger partial charge in [-0.05, 0) is 25.0 Å². The van der Waals surface area contributed by atoms with Gasteiger partial charge < -0.3 is 9.80 Å². The van der Waals surface area contributed by atoms with Crippen molar-refractivity contribution in [3.8, 4) is 6.07 Å². The minimum Gasteiger partial charge on any atom is -0.355 e. The van der Waals surface area contributed by atoms with Crippen LogP contribution in [0.4, 0.5) is 11.8 Å². The summed E-state index contributed by atoms with van der Waals surface area (Å²) in [4.78, 5) is 26.9. The van der Waals surface area contributed by atoms with Gasteiger partial charge in [0.05, 0.1) is 17.3 Å². The molecule has 2 aliphatic rings. The molecule has 9 heteroatoms. The summed E-state index contributed by atoms with van der Waals surface area (Å²) in [6, 6.07) is 6.11. The minimum absolute atomic E-state index is 0.148. The maximum absolute atomic E-state index is 9.13. The lowest BCUT2D eigenvalue weighted by atomic mass is 9.94. The summed E-state index contributed by atoms with van der Waals surface area (Å²) in [6.07, 6.45) is 6.93. The predicted octanol–water partition coefficient (Wildman–Crippen LogP) is 2.81. The molecule has 29 heavy (non-hydrogen) atoms. The molecule has 5 rings (SSSR count). The molecule has 3 aromatic rings. The summed E-state index contributed by atoms with van der Waals surface area (Å²) in [6.45, 7) is 3.22. The average Bonchev–Trinajstić information content (AvgIpc) is 2.73. The van der Waals surface area contributed by atoms with Gasteiger partial charge in [-0.3, -0.25) is 9.97 Å². The Hall–Kier alpha value is -3.05. The van der Waals surface area contributed by atoms with Gasteiger partial charge in [-0.2, -0.15) is 10.2 Å². The largest absolute Gasteiger partial charge is 0.355 e. The van der Waals surface area contributed by atoms with Crippen molar-refractivity contribution in [1.29, 1.82) is 5.26 Å². The molecule has 0 aromatic carbocycles. The molecule has 0 bridgehead atoms. The van der Waals surface area contributed by atoms with Crippen LogP contribution in [0, 0.1) is 17.2 Å². The molecule has 0 amide bonds. The van der Waals surface area contributed by atoms with E-state index in [1.54, 1.807) is 18.6 Å². The first-order valence-corrected chi connectivity index (χ1v) is 10.1. The van der Waals surface area contributed by atoms with Gasteiger partial charge in [-0.15, -0.1) is 0 Å². The number of nitriles is 1. The smallest absolute Gasteiger partial charge is 0.227 e. The number of piperidine rings is 1. The van der Waals surface area contributed by atoms with Gasteiger partial charge in [0, 0.05) is 56.6 Å². The van der Waals surface area contributed by atoms with Gasteiger partial charge >= 0.3 is 0 Å². The van der Waals surface area contributed by atoms with Crippen LogP contribution in [-0.2, 0) is 0 Å². The summed E-state index contributed by atoms with van der Waals surface area (Å²) >= 11 is 6.30. The summed E-state index contributed by atoms with van der Waals surface area (Å²) in [5, 5.41) is 9.50. The van der Waals surface area contributed by atoms with E-state index in [4.69, 9.17) is 16.9 Å². The number of halogens is 1. The third kappa shape index (κ3) is 3.32. The molecule has 5 heterocycles. The molecule has 2 fully saturated rings. The second-order valence-electron chi connectivity index (χ2n) is 7.44. The van der Waals surface area contributed by atoms with Crippen molar-refractivity contribution in [2.24, 2.45) is 5.92 Å². The van der Waals surface area contributed by atoms with E-state index >= 15 is 0 Å². The van der Waals surface area contributed by atoms with Crippen molar-refractivity contribution in [3.63, 3.8) is 0 Å². The molecule has 0 saturated carbocycles. The quantitative estimate of drug-likeness (QED) is 0.613. The molecule has 2 aliphatic heterocycles. The molecule has 8 nitrogen and oxygen atoms in total. The highest BCUT2D eigenvalue weighted by atomic mass is 35.5. The highest BCUT2D eigenvalue weighted by Crippen LogP contribution is 2.35. The Morgan fingerprint density at radius 3 is 2.59 bits per heavy atom. The maximum Gasteiger partial charge on any atom is 0.227 e. The van der Waals surface area contributed by atoms with Gasteiger partial charge in [0.1, 0.15) is 5.52 Å². The SMILES string of the molecule is N#CC1CCN(c2nccnc2C2CN(c3nc(Cl)c4ncccc4n3)C2)CC1. The van der Waals surface area contributed by atoms with Gasteiger partial charge in [0.15, 0.2) is 11.0 Å². The number of anilines is 2. The lowest BCUT2D eigenvalue weighted by Gasteiger charge is -2.40. The first kappa shape index (κ1) is 18.0. The third-order valence-electron chi connectivity index (χ3n) is 5.63. The lowest BCUT2D eigenvalue weighted by molar-refractivity contribution is 0.472. The summed E-state index contributed by atoms with van der Waals surface area (Å²) < 4.78 is 0. The van der Waals surface area contributed by atoms with Crippen LogP contribution in [0.2, 0.25) is 5.15 Å². The molecule has 0 atom stereocenters. The van der Waals surface area contributed by atoms with Crippen molar-refractivity contribution in [2.45, 2.75) is 18.8 Å². The number of nitrogens with zero attached hydrogens (tertiary/aromatic N) is 8. The van der Waals surface area contributed by atoms with Crippen LogP contribution >= 0.6 is 11.6 Å². The van der Waals surface area contributed by atoms with Crippen LogP contribution < -0.4 is 9.80 Å². The normalized spacial score (nSPS) is 17.9. The molecule has 0 spiro atoms. The number of hydrogen-bond acceptors (Lipinski definition) is 8. The van der Waals surface area contributed by atoms with Gasteiger partial charge in [0.25, 0.3) is 0 Å². The second-order valence-corrected chi connectivity index (χ2v) is 7.80. The Kier molecular flexibility index (Phi) is 4.60. The Bertz CT molecular complexity index is 1080. The van der Waals surface area contributed by atoms with E-state index in [1.165, 1.54) is 0 Å². The second kappa shape index (κ2) is 7.41. The van der Waals surface area contributed by atoms with Crippen molar-refractivity contribution < 1.29 is 0 Å². The fraction of sp³-hybridized carbons (Fsp3) is 0.400. The molecular weight excluding hydrogens is 388 g/mol. The van der Waals surface area contributed by atoms with Crippen LogP contribution in [-0.4, -0.2) is 51.1 Å². The molecule has 0 N–H and O–H groups in total. The van der Waals surface area contributed by atoms with Crippen LogP contribution in [0.3, 0.4) is 0 Å². The zero-order chi connectivity index (χ0) is 19.8. The van der Waals surface area contributed by atoms with Crippen molar-refractivity contribution in [2.75, 3.05) is 36.0 Å². The van der Waals surface area contributed by atoms with E-state index < -0.39 is 0 Å². The van der Waals surface area contributed by atoms with Crippen LogP contribution in [0.15, 0.2) is 30.7 Å². The molecule has 0 unspecified atom stereocenters. The van der Waals surface area contributed by atoms with E-state index in [9.17, 15) is 0 Å². The molecular formula is C20H19ClN8. The number of aromatic nitrogens is 5. The fourth-order valence-corrected chi connectivity index (χ4v) is 4.19. The van der Waals surface area contributed by atoms with E-state index in [1.807, 2.05) is 12.1 Å². The van der Waals surface area contributed by atoms with E-state index in [0.717, 1.165) is 56.0 Å². The fourth-order valence-electron chi connectivity index (χ4n) is 3.97. The minimum atomic E-state index is 0.148. The Morgan fingerprint density at radius 1 is 1.00 bits per heavy atom. The van der Waals surface area contributed by atoms with Crippen molar-refractivity contribution in [1.82, 2.24) is 24.9 Å². The summed E-state index contributed by atoms with van der Waals surface area (Å²) in [5.41, 5.74) is 2.37. The van der Waals surface area contributed by atoms with E-state index in [-0.39, 0.29) is 11.8 Å². The number of rotatable bonds is 3. The molecule has 0 radical (unpaired) electrons. The lowest BCUT2D eigenvalue weighted by Crippen LogP contribution is -2.47. The zero-order valence-corrected chi connectivity index (χ0v) is 16.5. The first-order valence-electron chi connectivity index (χ1n) is 9.71. The van der Waals surface area contributed by atoms with Gasteiger partial charge in [0.2, 0.25) is 5.95 Å². The van der Waals surface area contributed by atoms with Crippen molar-refractivity contribution >= 4 is 34.4 Å². The highest BCUT2D eigenvalue weighted by molar-refractivity contribution is 6.33. The van der Waals surface area contributed by atoms with Crippen LogP contribution in [0.5, 0.6) is 0 Å². The monoisotopic (exact) mass is 406 g/mol. The van der Waals surface area contributed by atoms with Crippen molar-refractivity contribution in [3.05, 3.63) is 41.6 Å².